The minimum absolute atomic E-state index is 0.00374. The van der Waals surface area contributed by atoms with Gasteiger partial charge in [0.15, 0.2) is 0 Å². The van der Waals surface area contributed by atoms with Crippen molar-refractivity contribution >= 4 is 17.5 Å². The van der Waals surface area contributed by atoms with Gasteiger partial charge in [0.25, 0.3) is 5.91 Å². The van der Waals surface area contributed by atoms with Crippen molar-refractivity contribution in [1.82, 2.24) is 9.80 Å². The standard InChI is InChI=1S/C25H31N3O2/c1-19-6-4-7-21(16-19)25(30)28-15-5-8-22(18-28)24(29)26-23-11-9-20(10-12-23)17-27-13-2-3-14-27/h4,6-7,9-12,16,22H,2-3,5,8,13-15,17-18H2,1H3,(H,26,29)/t22-/m0/s1. The smallest absolute Gasteiger partial charge is 0.253 e. The molecule has 2 aliphatic rings. The number of carbonyl (C=O) groups is 2. The van der Waals surface area contributed by atoms with Crippen LogP contribution in [0, 0.1) is 12.8 Å². The van der Waals surface area contributed by atoms with Crippen LogP contribution in [0.1, 0.15) is 47.2 Å². The van der Waals surface area contributed by atoms with Crippen molar-refractivity contribution in [3.8, 4) is 0 Å². The maximum absolute atomic E-state index is 12.8. The van der Waals surface area contributed by atoms with Crippen LogP contribution in [0.15, 0.2) is 48.5 Å². The summed E-state index contributed by atoms with van der Waals surface area (Å²) >= 11 is 0. The quantitative estimate of drug-likeness (QED) is 0.815. The summed E-state index contributed by atoms with van der Waals surface area (Å²) < 4.78 is 0. The van der Waals surface area contributed by atoms with E-state index in [-0.39, 0.29) is 17.7 Å². The fourth-order valence-corrected chi connectivity index (χ4v) is 4.47. The van der Waals surface area contributed by atoms with Gasteiger partial charge in [0.2, 0.25) is 5.91 Å². The molecule has 2 aromatic rings. The number of hydrogen-bond donors (Lipinski definition) is 1. The lowest BCUT2D eigenvalue weighted by Crippen LogP contribution is -2.43. The molecule has 30 heavy (non-hydrogen) atoms. The lowest BCUT2D eigenvalue weighted by atomic mass is 9.96. The monoisotopic (exact) mass is 405 g/mol. The first-order chi connectivity index (χ1) is 14.6. The predicted molar refractivity (Wildman–Crippen MR) is 119 cm³/mol. The highest BCUT2D eigenvalue weighted by atomic mass is 16.2. The maximum Gasteiger partial charge on any atom is 0.253 e. The summed E-state index contributed by atoms with van der Waals surface area (Å²) in [5.74, 6) is -0.150. The molecule has 5 heteroatoms. The molecule has 0 saturated carbocycles. The summed E-state index contributed by atoms with van der Waals surface area (Å²) in [6.07, 6.45) is 4.25. The fraction of sp³-hybridized carbons (Fsp3) is 0.440. The maximum atomic E-state index is 12.8. The fourth-order valence-electron chi connectivity index (χ4n) is 4.47. The highest BCUT2D eigenvalue weighted by Crippen LogP contribution is 2.22. The second kappa shape index (κ2) is 9.43. The summed E-state index contributed by atoms with van der Waals surface area (Å²) in [5.41, 5.74) is 3.87. The molecule has 5 nitrogen and oxygen atoms in total. The Hall–Kier alpha value is -2.66. The van der Waals surface area contributed by atoms with Crippen LogP contribution in [0.3, 0.4) is 0 Å². The van der Waals surface area contributed by atoms with E-state index in [1.54, 1.807) is 0 Å². The van der Waals surface area contributed by atoms with Crippen molar-refractivity contribution in [1.29, 1.82) is 0 Å². The molecular formula is C25H31N3O2. The van der Waals surface area contributed by atoms with Gasteiger partial charge in [0.1, 0.15) is 0 Å². The van der Waals surface area contributed by atoms with E-state index in [1.165, 1.54) is 31.5 Å². The number of carbonyl (C=O) groups excluding carboxylic acids is 2. The molecule has 2 amide bonds. The molecule has 1 atom stereocenters. The Bertz CT molecular complexity index is 888. The Kier molecular flexibility index (Phi) is 6.48. The van der Waals surface area contributed by atoms with Crippen molar-refractivity contribution in [2.45, 2.75) is 39.2 Å². The molecule has 0 radical (unpaired) electrons. The SMILES string of the molecule is Cc1cccc(C(=O)N2CCC[C@H](C(=O)Nc3ccc(CN4CCCC4)cc3)C2)c1. The van der Waals surface area contributed by atoms with Crippen LogP contribution in [-0.4, -0.2) is 47.8 Å². The first kappa shape index (κ1) is 20.6. The zero-order chi connectivity index (χ0) is 20.9. The van der Waals surface area contributed by atoms with Gasteiger partial charge in [-0.05, 0) is 75.5 Å². The lowest BCUT2D eigenvalue weighted by Gasteiger charge is -2.32. The summed E-state index contributed by atoms with van der Waals surface area (Å²) in [6, 6.07) is 15.8. The van der Waals surface area contributed by atoms with Crippen LogP contribution < -0.4 is 5.32 Å². The van der Waals surface area contributed by atoms with Crippen molar-refractivity contribution in [2.24, 2.45) is 5.92 Å². The second-order valence-corrected chi connectivity index (χ2v) is 8.63. The Morgan fingerprint density at radius 3 is 2.50 bits per heavy atom. The van der Waals surface area contributed by atoms with Gasteiger partial charge in [0, 0.05) is 30.9 Å². The van der Waals surface area contributed by atoms with Crippen molar-refractivity contribution in [2.75, 3.05) is 31.5 Å². The van der Waals surface area contributed by atoms with E-state index >= 15 is 0 Å². The summed E-state index contributed by atoms with van der Waals surface area (Å²) in [6.45, 7) is 6.51. The van der Waals surface area contributed by atoms with Crippen molar-refractivity contribution < 1.29 is 9.59 Å². The highest BCUT2D eigenvalue weighted by molar-refractivity contribution is 5.96. The number of aryl methyl sites for hydroxylation is 1. The van der Waals surface area contributed by atoms with Gasteiger partial charge in [-0.25, -0.2) is 0 Å². The van der Waals surface area contributed by atoms with Gasteiger partial charge in [-0.1, -0.05) is 29.8 Å². The molecule has 158 valence electrons. The first-order valence-electron chi connectivity index (χ1n) is 11.1. The first-order valence-corrected chi connectivity index (χ1v) is 11.1. The molecule has 0 aliphatic carbocycles. The molecule has 2 aromatic carbocycles. The highest BCUT2D eigenvalue weighted by Gasteiger charge is 2.29. The van der Waals surface area contributed by atoms with Gasteiger partial charge < -0.3 is 10.2 Å². The number of anilines is 1. The van der Waals surface area contributed by atoms with E-state index in [0.717, 1.165) is 30.6 Å². The number of nitrogens with one attached hydrogen (secondary N) is 1. The minimum Gasteiger partial charge on any atom is -0.338 e. The number of hydrogen-bond acceptors (Lipinski definition) is 3. The second-order valence-electron chi connectivity index (χ2n) is 8.63. The van der Waals surface area contributed by atoms with Crippen LogP contribution in [0.5, 0.6) is 0 Å². The van der Waals surface area contributed by atoms with Crippen LogP contribution in [0.4, 0.5) is 5.69 Å². The van der Waals surface area contributed by atoms with Gasteiger partial charge >= 0.3 is 0 Å². The molecule has 2 heterocycles. The largest absolute Gasteiger partial charge is 0.338 e. The third-order valence-corrected chi connectivity index (χ3v) is 6.17. The lowest BCUT2D eigenvalue weighted by molar-refractivity contribution is -0.121. The average molecular weight is 406 g/mol. The Morgan fingerprint density at radius 2 is 1.77 bits per heavy atom. The van der Waals surface area contributed by atoms with Crippen LogP contribution in [0.2, 0.25) is 0 Å². The van der Waals surface area contributed by atoms with Crippen LogP contribution in [-0.2, 0) is 11.3 Å². The number of benzene rings is 2. The van der Waals surface area contributed by atoms with Crippen molar-refractivity contribution in [3.63, 3.8) is 0 Å². The van der Waals surface area contributed by atoms with Gasteiger partial charge in [-0.15, -0.1) is 0 Å². The third kappa shape index (κ3) is 5.08. The van der Waals surface area contributed by atoms with E-state index < -0.39 is 0 Å². The minimum atomic E-state index is -0.170. The van der Waals surface area contributed by atoms with Crippen molar-refractivity contribution in [3.05, 3.63) is 65.2 Å². The van der Waals surface area contributed by atoms with E-state index in [2.05, 4.69) is 22.3 Å². The number of rotatable bonds is 5. The summed E-state index contributed by atoms with van der Waals surface area (Å²) in [4.78, 5) is 30.0. The molecule has 1 N–H and O–H groups in total. The van der Waals surface area contributed by atoms with E-state index in [9.17, 15) is 9.59 Å². The molecule has 2 aliphatic heterocycles. The molecule has 4 rings (SSSR count). The Balaban J connectivity index is 1.33. The van der Waals surface area contributed by atoms with Crippen LogP contribution in [0.25, 0.3) is 0 Å². The number of piperidine rings is 1. The average Bonchev–Trinajstić information content (AvgIpc) is 3.28. The zero-order valence-corrected chi connectivity index (χ0v) is 17.8. The number of nitrogens with zero attached hydrogens (tertiary/aromatic N) is 2. The summed E-state index contributed by atoms with van der Waals surface area (Å²) in [5, 5.41) is 3.05. The third-order valence-electron chi connectivity index (χ3n) is 6.17. The van der Waals surface area contributed by atoms with E-state index in [4.69, 9.17) is 0 Å². The van der Waals surface area contributed by atoms with E-state index in [1.807, 2.05) is 48.2 Å². The van der Waals surface area contributed by atoms with E-state index in [0.29, 0.717) is 18.7 Å². The number of amides is 2. The predicted octanol–water partition coefficient (Wildman–Crippen LogP) is 4.08. The van der Waals surface area contributed by atoms with Gasteiger partial charge in [-0.2, -0.15) is 0 Å². The molecule has 2 saturated heterocycles. The van der Waals surface area contributed by atoms with Crippen LogP contribution >= 0.6 is 0 Å². The molecule has 0 spiro atoms. The Morgan fingerprint density at radius 1 is 1.00 bits per heavy atom. The molecule has 2 fully saturated rings. The van der Waals surface area contributed by atoms with Gasteiger partial charge in [-0.3, -0.25) is 14.5 Å². The molecule has 0 aromatic heterocycles. The zero-order valence-electron chi connectivity index (χ0n) is 17.8. The Labute approximate surface area is 179 Å². The summed E-state index contributed by atoms with van der Waals surface area (Å²) in [7, 11) is 0. The molecule has 0 unspecified atom stereocenters. The number of likely N-dealkylation sites (tertiary alicyclic amines) is 2. The normalized spacial score (nSPS) is 19.6. The molecule has 0 bridgehead atoms. The topological polar surface area (TPSA) is 52.7 Å². The molecular weight excluding hydrogens is 374 g/mol. The van der Waals surface area contributed by atoms with Gasteiger partial charge in [0.05, 0.1) is 5.92 Å².